The number of unbranched alkanes of at least 4 members (excludes halogenated alkanes) is 10. The SMILES string of the molecule is CCCCCCCCC1=C(CCCCCCCC)C(C)CCC1. The monoisotopic (exact) mass is 320 g/mol. The Labute approximate surface area is 147 Å². The summed E-state index contributed by atoms with van der Waals surface area (Å²) in [6.45, 7) is 7.11. The third kappa shape index (κ3) is 9.58. The number of hydrogen-bond donors (Lipinski definition) is 0. The molecule has 0 bridgehead atoms. The minimum absolute atomic E-state index is 0.884. The number of allylic oxidation sites excluding steroid dienone is 2. The fourth-order valence-electron chi connectivity index (χ4n) is 4.23. The first kappa shape index (κ1) is 20.8. The molecule has 23 heavy (non-hydrogen) atoms. The lowest BCUT2D eigenvalue weighted by molar-refractivity contribution is 0.486. The molecule has 0 aromatic carbocycles. The second-order valence-electron chi connectivity index (χ2n) is 7.96. The van der Waals surface area contributed by atoms with Crippen molar-refractivity contribution < 1.29 is 0 Å². The van der Waals surface area contributed by atoms with Crippen molar-refractivity contribution in [2.45, 2.75) is 130 Å². The fourth-order valence-corrected chi connectivity index (χ4v) is 4.23. The van der Waals surface area contributed by atoms with E-state index in [2.05, 4.69) is 20.8 Å². The van der Waals surface area contributed by atoms with Crippen LogP contribution in [0, 0.1) is 5.92 Å². The van der Waals surface area contributed by atoms with Crippen molar-refractivity contribution in [3.05, 3.63) is 11.1 Å². The van der Waals surface area contributed by atoms with Crippen LogP contribution in [0.5, 0.6) is 0 Å². The second-order valence-corrected chi connectivity index (χ2v) is 7.96. The molecule has 0 aromatic heterocycles. The normalized spacial score (nSPS) is 18.7. The van der Waals surface area contributed by atoms with Crippen molar-refractivity contribution >= 4 is 0 Å². The Morgan fingerprint density at radius 3 is 1.83 bits per heavy atom. The van der Waals surface area contributed by atoms with E-state index in [1.807, 2.05) is 11.1 Å². The molecular formula is C23H44. The van der Waals surface area contributed by atoms with Gasteiger partial charge in [0.25, 0.3) is 0 Å². The van der Waals surface area contributed by atoms with E-state index in [9.17, 15) is 0 Å². The Bertz CT molecular complexity index is 299. The topological polar surface area (TPSA) is 0 Å². The molecule has 1 unspecified atom stereocenters. The maximum atomic E-state index is 2.49. The highest BCUT2D eigenvalue weighted by molar-refractivity contribution is 5.19. The van der Waals surface area contributed by atoms with E-state index in [1.165, 1.54) is 109 Å². The number of hydrogen-bond acceptors (Lipinski definition) is 0. The molecule has 1 atom stereocenters. The van der Waals surface area contributed by atoms with E-state index < -0.39 is 0 Å². The predicted octanol–water partition coefficient (Wildman–Crippen LogP) is 8.60. The highest BCUT2D eigenvalue weighted by atomic mass is 14.2. The van der Waals surface area contributed by atoms with Crippen LogP contribution in [0.3, 0.4) is 0 Å². The Balaban J connectivity index is 2.28. The molecule has 0 radical (unpaired) electrons. The Hall–Kier alpha value is -0.260. The summed E-state index contributed by atoms with van der Waals surface area (Å²) < 4.78 is 0. The van der Waals surface area contributed by atoms with Crippen LogP contribution in [0.25, 0.3) is 0 Å². The van der Waals surface area contributed by atoms with Crippen LogP contribution in [0.4, 0.5) is 0 Å². The molecule has 0 heterocycles. The zero-order chi connectivity index (χ0) is 16.8. The molecule has 1 aliphatic rings. The van der Waals surface area contributed by atoms with Gasteiger partial charge in [0.1, 0.15) is 0 Å². The van der Waals surface area contributed by atoms with Gasteiger partial charge in [-0.3, -0.25) is 0 Å². The van der Waals surface area contributed by atoms with E-state index in [0.29, 0.717) is 0 Å². The van der Waals surface area contributed by atoms with Gasteiger partial charge in [-0.15, -0.1) is 0 Å². The molecule has 1 rings (SSSR count). The van der Waals surface area contributed by atoms with Gasteiger partial charge in [-0.2, -0.15) is 0 Å². The quantitative estimate of drug-likeness (QED) is 0.222. The van der Waals surface area contributed by atoms with Crippen LogP contribution >= 0.6 is 0 Å². The summed E-state index contributed by atoms with van der Waals surface area (Å²) in [5, 5.41) is 0. The van der Waals surface area contributed by atoms with Crippen LogP contribution < -0.4 is 0 Å². The van der Waals surface area contributed by atoms with Crippen molar-refractivity contribution in [3.63, 3.8) is 0 Å². The van der Waals surface area contributed by atoms with E-state index in [4.69, 9.17) is 0 Å². The smallest absolute Gasteiger partial charge is 0.0229 e. The first-order valence-corrected chi connectivity index (χ1v) is 11.0. The molecule has 0 N–H and O–H groups in total. The van der Waals surface area contributed by atoms with Crippen LogP contribution in [0.15, 0.2) is 11.1 Å². The van der Waals surface area contributed by atoms with Crippen molar-refractivity contribution in [1.29, 1.82) is 0 Å². The van der Waals surface area contributed by atoms with Crippen molar-refractivity contribution in [3.8, 4) is 0 Å². The van der Waals surface area contributed by atoms with Crippen LogP contribution in [0.1, 0.15) is 130 Å². The van der Waals surface area contributed by atoms with Gasteiger partial charge in [-0.25, -0.2) is 0 Å². The zero-order valence-corrected chi connectivity index (χ0v) is 16.6. The lowest BCUT2D eigenvalue weighted by atomic mass is 9.79. The Morgan fingerprint density at radius 2 is 1.22 bits per heavy atom. The highest BCUT2D eigenvalue weighted by Crippen LogP contribution is 2.35. The van der Waals surface area contributed by atoms with Crippen LogP contribution in [-0.2, 0) is 0 Å². The highest BCUT2D eigenvalue weighted by Gasteiger charge is 2.18. The lowest BCUT2D eigenvalue weighted by Crippen LogP contribution is -2.10. The average Bonchev–Trinajstić information content (AvgIpc) is 2.56. The van der Waals surface area contributed by atoms with Gasteiger partial charge in [0, 0.05) is 0 Å². The van der Waals surface area contributed by atoms with E-state index >= 15 is 0 Å². The van der Waals surface area contributed by atoms with E-state index in [-0.39, 0.29) is 0 Å². The van der Waals surface area contributed by atoms with Gasteiger partial charge in [0.15, 0.2) is 0 Å². The maximum Gasteiger partial charge on any atom is -0.0229 e. The van der Waals surface area contributed by atoms with Gasteiger partial charge in [0.05, 0.1) is 0 Å². The van der Waals surface area contributed by atoms with E-state index in [1.54, 1.807) is 0 Å². The largest absolute Gasteiger partial charge is 0.0707 e. The van der Waals surface area contributed by atoms with Crippen LogP contribution in [-0.4, -0.2) is 0 Å². The van der Waals surface area contributed by atoms with Crippen molar-refractivity contribution in [1.82, 2.24) is 0 Å². The molecule has 0 fully saturated rings. The van der Waals surface area contributed by atoms with Gasteiger partial charge >= 0.3 is 0 Å². The van der Waals surface area contributed by atoms with Gasteiger partial charge < -0.3 is 0 Å². The molecule has 0 saturated heterocycles. The van der Waals surface area contributed by atoms with Crippen LogP contribution in [0.2, 0.25) is 0 Å². The molecule has 0 saturated carbocycles. The molecule has 0 nitrogen and oxygen atoms in total. The fraction of sp³-hybridized carbons (Fsp3) is 0.913. The first-order chi connectivity index (χ1) is 11.3. The summed E-state index contributed by atoms with van der Waals surface area (Å²) in [6.07, 6.45) is 24.4. The molecule has 0 aromatic rings. The van der Waals surface area contributed by atoms with E-state index in [0.717, 1.165) is 5.92 Å². The van der Waals surface area contributed by atoms with Gasteiger partial charge in [-0.1, -0.05) is 96.1 Å². The zero-order valence-electron chi connectivity index (χ0n) is 16.6. The third-order valence-electron chi connectivity index (χ3n) is 5.80. The number of rotatable bonds is 14. The second kappa shape index (κ2) is 14.1. The van der Waals surface area contributed by atoms with Crippen molar-refractivity contribution in [2.75, 3.05) is 0 Å². The minimum Gasteiger partial charge on any atom is -0.0707 e. The molecule has 0 amide bonds. The van der Waals surface area contributed by atoms with Gasteiger partial charge in [0.2, 0.25) is 0 Å². The minimum atomic E-state index is 0.884. The Morgan fingerprint density at radius 1 is 0.696 bits per heavy atom. The molecule has 0 spiro atoms. The molecule has 0 aliphatic heterocycles. The molecule has 0 heteroatoms. The summed E-state index contributed by atoms with van der Waals surface area (Å²) in [7, 11) is 0. The van der Waals surface area contributed by atoms with Gasteiger partial charge in [-0.05, 0) is 50.9 Å². The predicted molar refractivity (Wildman–Crippen MR) is 106 cm³/mol. The summed E-state index contributed by atoms with van der Waals surface area (Å²) in [6, 6.07) is 0. The summed E-state index contributed by atoms with van der Waals surface area (Å²) >= 11 is 0. The molecular weight excluding hydrogens is 276 g/mol. The maximum absolute atomic E-state index is 2.49. The lowest BCUT2D eigenvalue weighted by Gasteiger charge is -2.27. The average molecular weight is 321 g/mol. The summed E-state index contributed by atoms with van der Waals surface area (Å²) in [4.78, 5) is 0. The Kier molecular flexibility index (Phi) is 12.8. The van der Waals surface area contributed by atoms with Crippen molar-refractivity contribution in [2.24, 2.45) is 5.92 Å². The summed E-state index contributed by atoms with van der Waals surface area (Å²) in [5.41, 5.74) is 3.77. The standard InChI is InChI=1S/C23H44/c1-4-6-8-10-12-14-18-22-19-16-17-21(3)23(22)20-15-13-11-9-7-5-2/h21H,4-20H2,1-3H3. The molecule has 136 valence electrons. The molecule has 1 aliphatic carbocycles. The first-order valence-electron chi connectivity index (χ1n) is 11.0. The third-order valence-corrected chi connectivity index (χ3v) is 5.80. The summed E-state index contributed by atoms with van der Waals surface area (Å²) in [5.74, 6) is 0.884.